The van der Waals surface area contributed by atoms with E-state index in [0.29, 0.717) is 41.7 Å². The zero-order chi connectivity index (χ0) is 30.8. The highest BCUT2D eigenvalue weighted by Crippen LogP contribution is 2.23. The molecule has 13 heteroatoms. The van der Waals surface area contributed by atoms with Crippen molar-refractivity contribution in [2.24, 2.45) is 17.2 Å². The molecule has 1 heterocycles. The number of carbonyl (C=O) groups is 2. The first-order chi connectivity index (χ1) is 19.9. The molecule has 3 aromatic rings. The fourth-order valence-corrected chi connectivity index (χ4v) is 4.70. The SMILES string of the molecule is C[N+](CCN)(CCN)CCCC(N)C(=O)NC(Cc1ccc(OC(F)(F)F)cc1)C(=O)Nc1cnc2ccccc2c1. The number of hydrogen-bond donors (Lipinski definition) is 5. The summed E-state index contributed by atoms with van der Waals surface area (Å²) in [6, 6.07) is 12.3. The number of benzene rings is 2. The molecule has 8 N–H and O–H groups in total. The average molecular weight is 591 g/mol. The molecular formula is C29H39F3N7O3+. The van der Waals surface area contributed by atoms with E-state index in [0.717, 1.165) is 42.7 Å². The molecule has 0 saturated carbocycles. The van der Waals surface area contributed by atoms with Crippen LogP contribution in [0.1, 0.15) is 18.4 Å². The lowest BCUT2D eigenvalue weighted by molar-refractivity contribution is -0.907. The number of carbonyl (C=O) groups excluding carboxylic acids is 2. The van der Waals surface area contributed by atoms with Crippen LogP contribution in [0.5, 0.6) is 5.75 Å². The number of rotatable bonds is 15. The van der Waals surface area contributed by atoms with Gasteiger partial charge in [-0.15, -0.1) is 13.2 Å². The second-order valence-corrected chi connectivity index (χ2v) is 10.5. The highest BCUT2D eigenvalue weighted by Gasteiger charge is 2.31. The van der Waals surface area contributed by atoms with Crippen molar-refractivity contribution in [3.8, 4) is 5.75 Å². The Morgan fingerprint density at radius 2 is 1.67 bits per heavy atom. The van der Waals surface area contributed by atoms with E-state index in [-0.39, 0.29) is 6.42 Å². The van der Waals surface area contributed by atoms with E-state index in [1.54, 1.807) is 6.07 Å². The first-order valence-corrected chi connectivity index (χ1v) is 13.7. The number of anilines is 1. The fraction of sp³-hybridized carbons (Fsp3) is 0.414. The van der Waals surface area contributed by atoms with E-state index in [2.05, 4.69) is 27.4 Å². The topological polar surface area (TPSA) is 158 Å². The number of hydrogen-bond acceptors (Lipinski definition) is 7. The molecule has 0 aliphatic heterocycles. The van der Waals surface area contributed by atoms with Gasteiger partial charge in [-0.25, -0.2) is 0 Å². The summed E-state index contributed by atoms with van der Waals surface area (Å²) < 4.78 is 42.3. The Morgan fingerprint density at radius 3 is 2.31 bits per heavy atom. The Bertz CT molecular complexity index is 1320. The van der Waals surface area contributed by atoms with Gasteiger partial charge in [0.05, 0.1) is 50.1 Å². The lowest BCUT2D eigenvalue weighted by Crippen LogP contribution is -2.52. The maximum absolute atomic E-state index is 13.4. The molecule has 0 aliphatic carbocycles. The van der Waals surface area contributed by atoms with Gasteiger partial charge in [-0.05, 0) is 42.7 Å². The Labute approximate surface area is 243 Å². The summed E-state index contributed by atoms with van der Waals surface area (Å²) in [7, 11) is 2.05. The predicted octanol–water partition coefficient (Wildman–Crippen LogP) is 2.27. The molecular weight excluding hydrogens is 551 g/mol. The van der Waals surface area contributed by atoms with E-state index < -0.39 is 36.0 Å². The van der Waals surface area contributed by atoms with E-state index in [9.17, 15) is 22.8 Å². The van der Waals surface area contributed by atoms with Crippen molar-refractivity contribution in [2.45, 2.75) is 37.7 Å². The molecule has 0 saturated heterocycles. The van der Waals surface area contributed by atoms with Crippen LogP contribution < -0.4 is 32.6 Å². The quantitative estimate of drug-likeness (QED) is 0.170. The predicted molar refractivity (Wildman–Crippen MR) is 155 cm³/mol. The molecule has 3 rings (SSSR count). The summed E-state index contributed by atoms with van der Waals surface area (Å²) in [5, 5.41) is 6.31. The molecule has 2 atom stereocenters. The molecule has 0 fully saturated rings. The number of alkyl halides is 3. The average Bonchev–Trinajstić information content (AvgIpc) is 2.93. The first kappa shape index (κ1) is 32.7. The Morgan fingerprint density at radius 1 is 1.00 bits per heavy atom. The zero-order valence-electron chi connectivity index (χ0n) is 23.6. The van der Waals surface area contributed by atoms with Crippen LogP contribution in [0.3, 0.4) is 0 Å². The number of pyridine rings is 1. The molecule has 10 nitrogen and oxygen atoms in total. The summed E-state index contributed by atoms with van der Waals surface area (Å²) in [5.41, 5.74) is 19.4. The normalized spacial score (nSPS) is 13.4. The zero-order valence-corrected chi connectivity index (χ0v) is 23.6. The molecule has 2 unspecified atom stereocenters. The van der Waals surface area contributed by atoms with Gasteiger partial charge in [-0.1, -0.05) is 30.3 Å². The maximum atomic E-state index is 13.4. The standard InChI is InChI=1S/C29H38F3N7O3/c1-39(15-12-33,16-13-34)14-4-6-24(35)27(40)38-26(17-20-8-10-23(11-9-20)42-29(30,31)32)28(41)37-22-18-21-5-2-3-7-25(21)36-19-22/h2-3,5,7-11,18-19,24,26H,4,6,12-17,33-35H2,1H3,(H-,37,38,40,41)/p+1. The van der Waals surface area contributed by atoms with Crippen molar-refractivity contribution < 1.29 is 32.0 Å². The van der Waals surface area contributed by atoms with Gasteiger partial charge in [0.25, 0.3) is 0 Å². The van der Waals surface area contributed by atoms with E-state index in [1.165, 1.54) is 18.3 Å². The molecule has 228 valence electrons. The van der Waals surface area contributed by atoms with Crippen molar-refractivity contribution in [2.75, 3.05) is 45.1 Å². The third-order valence-electron chi connectivity index (χ3n) is 6.98. The van der Waals surface area contributed by atoms with Crippen LogP contribution in [0.4, 0.5) is 18.9 Å². The Kier molecular flexibility index (Phi) is 11.6. The molecule has 0 spiro atoms. The molecule has 42 heavy (non-hydrogen) atoms. The van der Waals surface area contributed by atoms with Crippen LogP contribution in [0.15, 0.2) is 60.8 Å². The largest absolute Gasteiger partial charge is 0.573 e. The summed E-state index contributed by atoms with van der Waals surface area (Å²) in [6.07, 6.45) is -2.30. The number of fused-ring (bicyclic) bond motifs is 1. The molecule has 1 aromatic heterocycles. The number of nitrogens with one attached hydrogen (secondary N) is 2. The number of halogens is 3. The van der Waals surface area contributed by atoms with Gasteiger partial charge in [0.2, 0.25) is 11.8 Å². The van der Waals surface area contributed by atoms with Gasteiger partial charge < -0.3 is 37.1 Å². The van der Waals surface area contributed by atoms with Gasteiger partial charge in [0.15, 0.2) is 0 Å². The fourth-order valence-electron chi connectivity index (χ4n) is 4.70. The number of aromatic nitrogens is 1. The van der Waals surface area contributed by atoms with Crippen molar-refractivity contribution in [1.82, 2.24) is 10.3 Å². The number of amides is 2. The number of likely N-dealkylation sites (N-methyl/N-ethyl adjacent to an activating group) is 1. The van der Waals surface area contributed by atoms with E-state index in [1.807, 2.05) is 24.3 Å². The van der Waals surface area contributed by atoms with Crippen LogP contribution in [-0.4, -0.2) is 79.5 Å². The number of ether oxygens (including phenoxy) is 1. The van der Waals surface area contributed by atoms with Gasteiger partial charge in [-0.2, -0.15) is 0 Å². The third kappa shape index (κ3) is 10.2. The van der Waals surface area contributed by atoms with Gasteiger partial charge >= 0.3 is 6.36 Å². The van der Waals surface area contributed by atoms with Gasteiger partial charge in [0, 0.05) is 24.9 Å². The second-order valence-electron chi connectivity index (χ2n) is 10.5. The van der Waals surface area contributed by atoms with Crippen molar-refractivity contribution in [3.05, 3.63) is 66.4 Å². The van der Waals surface area contributed by atoms with Crippen LogP contribution in [0.25, 0.3) is 10.9 Å². The van der Waals surface area contributed by atoms with Crippen LogP contribution in [0, 0.1) is 0 Å². The van der Waals surface area contributed by atoms with Crippen molar-refractivity contribution in [3.63, 3.8) is 0 Å². The molecule has 0 bridgehead atoms. The smallest absolute Gasteiger partial charge is 0.406 e. The van der Waals surface area contributed by atoms with Gasteiger partial charge in [-0.3, -0.25) is 14.6 Å². The minimum Gasteiger partial charge on any atom is -0.406 e. The number of quaternary nitrogens is 1. The maximum Gasteiger partial charge on any atom is 0.573 e. The number of nitrogens with two attached hydrogens (primary N) is 3. The Hall–Kier alpha value is -3.78. The highest BCUT2D eigenvalue weighted by atomic mass is 19.4. The van der Waals surface area contributed by atoms with Crippen LogP contribution in [0.2, 0.25) is 0 Å². The third-order valence-corrected chi connectivity index (χ3v) is 6.98. The minimum absolute atomic E-state index is 0.000435. The first-order valence-electron chi connectivity index (χ1n) is 13.7. The van der Waals surface area contributed by atoms with Gasteiger partial charge in [0.1, 0.15) is 11.8 Å². The van der Waals surface area contributed by atoms with Crippen LogP contribution in [-0.2, 0) is 16.0 Å². The lowest BCUT2D eigenvalue weighted by atomic mass is 10.0. The second kappa shape index (κ2) is 14.9. The molecule has 2 aromatic carbocycles. The summed E-state index contributed by atoms with van der Waals surface area (Å²) in [6.45, 7) is 3.25. The monoisotopic (exact) mass is 590 g/mol. The number of para-hydroxylation sites is 1. The summed E-state index contributed by atoms with van der Waals surface area (Å²) >= 11 is 0. The summed E-state index contributed by atoms with van der Waals surface area (Å²) in [4.78, 5) is 30.8. The highest BCUT2D eigenvalue weighted by molar-refractivity contribution is 5.99. The summed E-state index contributed by atoms with van der Waals surface area (Å²) in [5.74, 6) is -1.44. The molecule has 0 aliphatic rings. The van der Waals surface area contributed by atoms with Crippen LogP contribution >= 0.6 is 0 Å². The van der Waals surface area contributed by atoms with E-state index in [4.69, 9.17) is 17.2 Å². The minimum atomic E-state index is -4.83. The van der Waals surface area contributed by atoms with Crippen molar-refractivity contribution in [1.29, 1.82) is 0 Å². The molecule has 2 amide bonds. The lowest BCUT2D eigenvalue weighted by Gasteiger charge is -2.34. The number of nitrogens with zero attached hydrogens (tertiary/aromatic N) is 2. The van der Waals surface area contributed by atoms with Crippen molar-refractivity contribution >= 4 is 28.4 Å². The Balaban J connectivity index is 1.71. The van der Waals surface area contributed by atoms with E-state index >= 15 is 0 Å². The molecule has 0 radical (unpaired) electrons.